The third kappa shape index (κ3) is 4.81. The Labute approximate surface area is 166 Å². The minimum Gasteiger partial charge on any atom is -0.455 e. The van der Waals surface area contributed by atoms with Gasteiger partial charge in [-0.15, -0.1) is 0 Å². The molecule has 0 spiro atoms. The molecular weight excluding hydrogens is 387 g/mol. The van der Waals surface area contributed by atoms with Gasteiger partial charge in [0, 0.05) is 17.1 Å². The number of benzene rings is 2. The van der Waals surface area contributed by atoms with E-state index in [4.69, 9.17) is 27.9 Å². The van der Waals surface area contributed by atoms with Crippen LogP contribution in [0.2, 0.25) is 10.0 Å². The molecule has 3 rings (SSSR count). The molecule has 1 heterocycles. The summed E-state index contributed by atoms with van der Waals surface area (Å²) in [5, 5.41) is 4.59. The second-order valence-electron chi connectivity index (χ2n) is 6.16. The second-order valence-corrected chi connectivity index (χ2v) is 6.97. The number of amides is 1. The van der Waals surface area contributed by atoms with Crippen LogP contribution in [0.1, 0.15) is 24.1 Å². The van der Waals surface area contributed by atoms with Crippen LogP contribution < -0.4 is 5.32 Å². The summed E-state index contributed by atoms with van der Waals surface area (Å²) >= 11 is 11.9. The third-order valence-corrected chi connectivity index (χ3v) is 4.93. The molecule has 3 aromatic rings. The Balaban J connectivity index is 1.51. The maximum absolute atomic E-state index is 12.0. The zero-order valence-electron chi connectivity index (χ0n) is 14.6. The Bertz CT molecular complexity index is 984. The van der Waals surface area contributed by atoms with E-state index in [0.29, 0.717) is 10.0 Å². The zero-order valence-corrected chi connectivity index (χ0v) is 16.1. The summed E-state index contributed by atoms with van der Waals surface area (Å²) < 4.78 is 5.09. The molecule has 7 heteroatoms. The fourth-order valence-electron chi connectivity index (χ4n) is 2.78. The molecule has 1 aromatic heterocycles. The number of halogens is 2. The summed E-state index contributed by atoms with van der Waals surface area (Å²) in [6.45, 7) is 1.47. The van der Waals surface area contributed by atoms with Crippen LogP contribution in [0.4, 0.5) is 0 Å². The Kier molecular flexibility index (Phi) is 6.04. The van der Waals surface area contributed by atoms with Crippen LogP contribution in [0.25, 0.3) is 10.9 Å². The Hall–Kier alpha value is -2.50. The van der Waals surface area contributed by atoms with Crippen molar-refractivity contribution < 1.29 is 14.3 Å². The third-order valence-electron chi connectivity index (χ3n) is 4.20. The normalized spacial score (nSPS) is 12.0. The van der Waals surface area contributed by atoms with Crippen LogP contribution in [0.15, 0.2) is 48.7 Å². The summed E-state index contributed by atoms with van der Waals surface area (Å²) in [6, 6.07) is 12.5. The van der Waals surface area contributed by atoms with Crippen molar-refractivity contribution in [2.75, 3.05) is 6.61 Å². The van der Waals surface area contributed by atoms with Crippen LogP contribution in [-0.2, 0) is 20.7 Å². The van der Waals surface area contributed by atoms with Crippen LogP contribution in [0, 0.1) is 0 Å². The lowest BCUT2D eigenvalue weighted by Gasteiger charge is -2.15. The predicted octanol–water partition coefficient (Wildman–Crippen LogP) is 4.44. The van der Waals surface area contributed by atoms with Gasteiger partial charge in [-0.25, -0.2) is 0 Å². The first-order valence-corrected chi connectivity index (χ1v) is 9.14. The van der Waals surface area contributed by atoms with Crippen LogP contribution in [-0.4, -0.2) is 23.5 Å². The van der Waals surface area contributed by atoms with Gasteiger partial charge < -0.3 is 15.0 Å². The quantitative estimate of drug-likeness (QED) is 0.596. The highest BCUT2D eigenvalue weighted by atomic mass is 35.5. The van der Waals surface area contributed by atoms with Gasteiger partial charge in [-0.2, -0.15) is 0 Å². The highest BCUT2D eigenvalue weighted by Crippen LogP contribution is 2.25. The van der Waals surface area contributed by atoms with Crippen molar-refractivity contribution in [3.63, 3.8) is 0 Å². The summed E-state index contributed by atoms with van der Waals surface area (Å²) in [5.74, 6) is -0.849. The number of aromatic nitrogens is 1. The summed E-state index contributed by atoms with van der Waals surface area (Å²) in [5.41, 5.74) is 2.59. The highest BCUT2D eigenvalue weighted by molar-refractivity contribution is 6.42. The first kappa shape index (κ1) is 19.3. The summed E-state index contributed by atoms with van der Waals surface area (Å²) in [7, 11) is 0. The lowest BCUT2D eigenvalue weighted by Crippen LogP contribution is -2.31. The molecule has 27 heavy (non-hydrogen) atoms. The standard InChI is InChI=1S/C20H18Cl2N2O3/c1-12(13-6-7-16(21)17(22)8-13)24-19(25)11-27-20(26)9-14-10-23-18-5-3-2-4-15(14)18/h2-8,10,12,23H,9,11H2,1H3,(H,24,25)/t12-/m0/s1. The van der Waals surface area contributed by atoms with E-state index in [2.05, 4.69) is 10.3 Å². The van der Waals surface area contributed by atoms with E-state index in [9.17, 15) is 9.59 Å². The SMILES string of the molecule is C[C@H](NC(=O)COC(=O)Cc1c[nH]c2ccccc12)c1ccc(Cl)c(Cl)c1. The van der Waals surface area contributed by atoms with Crippen molar-refractivity contribution in [2.24, 2.45) is 0 Å². The molecule has 0 saturated heterocycles. The lowest BCUT2D eigenvalue weighted by atomic mass is 10.1. The highest BCUT2D eigenvalue weighted by Gasteiger charge is 2.14. The van der Waals surface area contributed by atoms with Gasteiger partial charge in [-0.3, -0.25) is 9.59 Å². The minimum absolute atomic E-state index is 0.0969. The Morgan fingerprint density at radius 2 is 1.93 bits per heavy atom. The summed E-state index contributed by atoms with van der Waals surface area (Å²) in [4.78, 5) is 27.2. The van der Waals surface area contributed by atoms with Gasteiger partial charge in [0.1, 0.15) is 0 Å². The molecule has 0 saturated carbocycles. The van der Waals surface area contributed by atoms with Gasteiger partial charge in [-0.1, -0.05) is 47.5 Å². The average Bonchev–Trinajstić information content (AvgIpc) is 3.05. The molecule has 1 amide bonds. The fraction of sp³-hybridized carbons (Fsp3) is 0.200. The van der Waals surface area contributed by atoms with Crippen molar-refractivity contribution in [1.82, 2.24) is 10.3 Å². The molecule has 0 aliphatic carbocycles. The molecule has 2 aromatic carbocycles. The Morgan fingerprint density at radius 3 is 2.70 bits per heavy atom. The number of hydrogen-bond acceptors (Lipinski definition) is 3. The maximum atomic E-state index is 12.0. The van der Waals surface area contributed by atoms with E-state index in [1.807, 2.05) is 31.2 Å². The van der Waals surface area contributed by atoms with Crippen molar-refractivity contribution in [2.45, 2.75) is 19.4 Å². The van der Waals surface area contributed by atoms with Gasteiger partial charge >= 0.3 is 5.97 Å². The molecule has 0 unspecified atom stereocenters. The molecular formula is C20H18Cl2N2O3. The molecule has 0 aliphatic rings. The molecule has 0 radical (unpaired) electrons. The largest absolute Gasteiger partial charge is 0.455 e. The number of nitrogens with one attached hydrogen (secondary N) is 2. The number of H-pyrrole nitrogens is 1. The van der Waals surface area contributed by atoms with Crippen molar-refractivity contribution >= 4 is 46.0 Å². The van der Waals surface area contributed by atoms with Crippen molar-refractivity contribution in [3.8, 4) is 0 Å². The van der Waals surface area contributed by atoms with Crippen LogP contribution >= 0.6 is 23.2 Å². The summed E-state index contributed by atoms with van der Waals surface area (Å²) in [6.07, 6.45) is 1.87. The molecule has 0 aliphatic heterocycles. The zero-order chi connectivity index (χ0) is 19.4. The minimum atomic E-state index is -0.461. The molecule has 140 valence electrons. The smallest absolute Gasteiger partial charge is 0.310 e. The molecule has 0 fully saturated rings. The lowest BCUT2D eigenvalue weighted by molar-refractivity contribution is -0.148. The fourth-order valence-corrected chi connectivity index (χ4v) is 3.09. The number of carbonyl (C=O) groups excluding carboxylic acids is 2. The molecule has 1 atom stereocenters. The van der Waals surface area contributed by atoms with Gasteiger partial charge in [-0.05, 0) is 36.2 Å². The second kappa shape index (κ2) is 8.46. The number of hydrogen-bond donors (Lipinski definition) is 2. The van der Waals surface area contributed by atoms with E-state index in [1.165, 1.54) is 0 Å². The van der Waals surface area contributed by atoms with Gasteiger partial charge in [0.05, 0.1) is 22.5 Å². The van der Waals surface area contributed by atoms with Crippen molar-refractivity contribution in [3.05, 3.63) is 69.8 Å². The van der Waals surface area contributed by atoms with Crippen LogP contribution in [0.3, 0.4) is 0 Å². The maximum Gasteiger partial charge on any atom is 0.310 e. The first-order valence-electron chi connectivity index (χ1n) is 8.39. The molecule has 2 N–H and O–H groups in total. The van der Waals surface area contributed by atoms with E-state index in [-0.39, 0.29) is 25.0 Å². The van der Waals surface area contributed by atoms with E-state index in [1.54, 1.807) is 24.4 Å². The van der Waals surface area contributed by atoms with E-state index in [0.717, 1.165) is 22.0 Å². The van der Waals surface area contributed by atoms with Gasteiger partial charge in [0.25, 0.3) is 5.91 Å². The number of fused-ring (bicyclic) bond motifs is 1. The van der Waals surface area contributed by atoms with Gasteiger partial charge in [0.2, 0.25) is 0 Å². The van der Waals surface area contributed by atoms with E-state index >= 15 is 0 Å². The average molecular weight is 405 g/mol. The number of para-hydroxylation sites is 1. The predicted molar refractivity (Wildman–Crippen MR) is 106 cm³/mol. The molecule has 5 nitrogen and oxygen atoms in total. The topological polar surface area (TPSA) is 71.2 Å². The van der Waals surface area contributed by atoms with E-state index < -0.39 is 5.97 Å². The van der Waals surface area contributed by atoms with Crippen LogP contribution in [0.5, 0.6) is 0 Å². The number of ether oxygens (including phenoxy) is 1. The Morgan fingerprint density at radius 1 is 1.15 bits per heavy atom. The molecule has 0 bridgehead atoms. The van der Waals surface area contributed by atoms with Crippen molar-refractivity contribution in [1.29, 1.82) is 0 Å². The van der Waals surface area contributed by atoms with Gasteiger partial charge in [0.15, 0.2) is 6.61 Å². The number of rotatable bonds is 6. The number of carbonyl (C=O) groups is 2. The number of aromatic amines is 1. The monoisotopic (exact) mass is 404 g/mol. The first-order chi connectivity index (χ1) is 12.9. The number of esters is 1.